The van der Waals surface area contributed by atoms with Crippen molar-refractivity contribution in [2.75, 3.05) is 26.2 Å². The molecule has 0 spiro atoms. The standard InChI is InChI=1S/C17H23N3O4S/c1-2-20-7-3-6-13(20)11-19-17(21)15-10-14(25(18,22)23)9-12-5-4-8-24-16(12)15/h4-5,9-10,13H,2-3,6-8,11H2,1H3,(H,19,21)(H2,18,22,23). The van der Waals surface area contributed by atoms with Gasteiger partial charge in [-0.05, 0) is 44.1 Å². The number of nitrogens with one attached hydrogen (secondary N) is 1. The lowest BCUT2D eigenvalue weighted by atomic mass is 10.1. The number of primary sulfonamides is 1. The number of ether oxygens (including phenoxy) is 1. The van der Waals surface area contributed by atoms with Crippen molar-refractivity contribution in [3.05, 3.63) is 29.3 Å². The van der Waals surface area contributed by atoms with Crippen LogP contribution in [0.1, 0.15) is 35.7 Å². The fourth-order valence-electron chi connectivity index (χ4n) is 3.40. The summed E-state index contributed by atoms with van der Waals surface area (Å²) in [5.74, 6) is 0.0474. The normalized spacial score (nSPS) is 20.2. The molecule has 8 heteroatoms. The molecule has 25 heavy (non-hydrogen) atoms. The zero-order chi connectivity index (χ0) is 18.0. The SMILES string of the molecule is CCN1CCCC1CNC(=O)c1cc(S(N)(=O)=O)cc2c1OCC=C2. The maximum absolute atomic E-state index is 12.7. The third-order valence-corrected chi connectivity index (χ3v) is 5.58. The Hall–Kier alpha value is -1.90. The van der Waals surface area contributed by atoms with Gasteiger partial charge in [-0.25, -0.2) is 13.6 Å². The predicted molar refractivity (Wildman–Crippen MR) is 94.9 cm³/mol. The smallest absolute Gasteiger partial charge is 0.255 e. The average molecular weight is 365 g/mol. The van der Waals surface area contributed by atoms with Crippen molar-refractivity contribution in [1.82, 2.24) is 10.2 Å². The quantitative estimate of drug-likeness (QED) is 0.809. The highest BCUT2D eigenvalue weighted by molar-refractivity contribution is 7.89. The predicted octanol–water partition coefficient (Wildman–Crippen LogP) is 0.954. The maximum Gasteiger partial charge on any atom is 0.255 e. The number of likely N-dealkylation sites (N-methyl/N-ethyl adjacent to an activating group) is 1. The molecule has 1 atom stereocenters. The van der Waals surface area contributed by atoms with Crippen molar-refractivity contribution in [3.63, 3.8) is 0 Å². The van der Waals surface area contributed by atoms with Crippen molar-refractivity contribution < 1.29 is 17.9 Å². The van der Waals surface area contributed by atoms with Crippen LogP contribution in [0, 0.1) is 0 Å². The van der Waals surface area contributed by atoms with Gasteiger partial charge >= 0.3 is 0 Å². The lowest BCUT2D eigenvalue weighted by Crippen LogP contribution is -2.40. The number of carbonyl (C=O) groups excluding carboxylic acids is 1. The number of sulfonamides is 1. The Bertz CT molecular complexity index is 804. The second-order valence-electron chi connectivity index (χ2n) is 6.28. The van der Waals surface area contributed by atoms with E-state index in [4.69, 9.17) is 9.88 Å². The molecule has 0 aliphatic carbocycles. The Morgan fingerprint density at radius 3 is 2.96 bits per heavy atom. The van der Waals surface area contributed by atoms with Gasteiger partial charge in [0.15, 0.2) is 0 Å². The molecular formula is C17H23N3O4S. The van der Waals surface area contributed by atoms with Gasteiger partial charge in [0.2, 0.25) is 10.0 Å². The summed E-state index contributed by atoms with van der Waals surface area (Å²) >= 11 is 0. The number of amides is 1. The average Bonchev–Trinajstić information content (AvgIpc) is 3.05. The van der Waals surface area contributed by atoms with Crippen molar-refractivity contribution in [1.29, 1.82) is 0 Å². The number of likely N-dealkylation sites (tertiary alicyclic amines) is 1. The molecule has 2 heterocycles. The second kappa shape index (κ2) is 7.15. The molecule has 0 radical (unpaired) electrons. The number of fused-ring (bicyclic) bond motifs is 1. The van der Waals surface area contributed by atoms with Gasteiger partial charge in [0.05, 0.1) is 10.5 Å². The highest BCUT2D eigenvalue weighted by Gasteiger charge is 2.26. The number of nitrogens with zero attached hydrogens (tertiary/aromatic N) is 1. The van der Waals surface area contributed by atoms with E-state index < -0.39 is 10.0 Å². The summed E-state index contributed by atoms with van der Waals surface area (Å²) in [6.07, 6.45) is 5.66. The van der Waals surface area contributed by atoms with E-state index in [9.17, 15) is 13.2 Å². The molecule has 3 rings (SSSR count). The Morgan fingerprint density at radius 1 is 1.44 bits per heavy atom. The van der Waals surface area contributed by atoms with Crippen LogP contribution in [0.3, 0.4) is 0 Å². The van der Waals surface area contributed by atoms with Gasteiger partial charge in [0.25, 0.3) is 5.91 Å². The number of benzene rings is 1. The molecule has 2 aliphatic rings. The zero-order valence-corrected chi connectivity index (χ0v) is 15.0. The molecule has 0 saturated carbocycles. The molecular weight excluding hydrogens is 342 g/mol. The van der Waals surface area contributed by atoms with Gasteiger partial charge in [-0.1, -0.05) is 13.0 Å². The molecule has 0 aromatic heterocycles. The van der Waals surface area contributed by atoms with Crippen LogP contribution < -0.4 is 15.2 Å². The summed E-state index contributed by atoms with van der Waals surface area (Å²) in [5.41, 5.74) is 0.742. The molecule has 3 N–H and O–H groups in total. The highest BCUT2D eigenvalue weighted by Crippen LogP contribution is 2.31. The molecule has 0 bridgehead atoms. The summed E-state index contributed by atoms with van der Waals surface area (Å²) in [6, 6.07) is 3.02. The Labute approximate surface area is 147 Å². The van der Waals surface area contributed by atoms with Crippen molar-refractivity contribution in [2.24, 2.45) is 5.14 Å². The van der Waals surface area contributed by atoms with Gasteiger partial charge in [-0.2, -0.15) is 0 Å². The van der Waals surface area contributed by atoms with Crippen LogP contribution in [0.15, 0.2) is 23.1 Å². The molecule has 7 nitrogen and oxygen atoms in total. The van der Waals surface area contributed by atoms with Crippen LogP contribution in [0.25, 0.3) is 6.08 Å². The van der Waals surface area contributed by atoms with Crippen LogP contribution in [-0.4, -0.2) is 51.5 Å². The lowest BCUT2D eigenvalue weighted by molar-refractivity contribution is 0.0937. The van der Waals surface area contributed by atoms with Gasteiger partial charge in [-0.15, -0.1) is 0 Å². The first-order valence-corrected chi connectivity index (χ1v) is 9.97. The van der Waals surface area contributed by atoms with Gasteiger partial charge in [-0.3, -0.25) is 9.69 Å². The summed E-state index contributed by atoms with van der Waals surface area (Å²) < 4.78 is 29.0. The fraction of sp³-hybridized carbons (Fsp3) is 0.471. The van der Waals surface area contributed by atoms with E-state index in [1.807, 2.05) is 0 Å². The van der Waals surface area contributed by atoms with Crippen LogP contribution in [0.4, 0.5) is 0 Å². The number of hydrogen-bond acceptors (Lipinski definition) is 5. The molecule has 2 aliphatic heterocycles. The van der Waals surface area contributed by atoms with Gasteiger partial charge in [0.1, 0.15) is 12.4 Å². The lowest BCUT2D eigenvalue weighted by Gasteiger charge is -2.23. The molecule has 136 valence electrons. The Kier molecular flexibility index (Phi) is 5.12. The topological polar surface area (TPSA) is 102 Å². The fourth-order valence-corrected chi connectivity index (χ4v) is 3.97. The summed E-state index contributed by atoms with van der Waals surface area (Å²) in [6.45, 7) is 4.96. The molecule has 1 aromatic rings. The third kappa shape index (κ3) is 3.86. The van der Waals surface area contributed by atoms with Crippen LogP contribution in [0.5, 0.6) is 5.75 Å². The van der Waals surface area contributed by atoms with E-state index in [-0.39, 0.29) is 16.4 Å². The molecule has 1 amide bonds. The van der Waals surface area contributed by atoms with Gasteiger partial charge in [0, 0.05) is 18.2 Å². The van der Waals surface area contributed by atoms with E-state index in [0.717, 1.165) is 25.9 Å². The summed E-state index contributed by atoms with van der Waals surface area (Å²) in [5, 5.41) is 8.15. The first-order chi connectivity index (χ1) is 11.9. The highest BCUT2D eigenvalue weighted by atomic mass is 32.2. The van der Waals surface area contributed by atoms with Crippen molar-refractivity contribution in [3.8, 4) is 5.75 Å². The Balaban J connectivity index is 1.85. The minimum Gasteiger partial charge on any atom is -0.488 e. The van der Waals surface area contributed by atoms with Gasteiger partial charge < -0.3 is 10.1 Å². The second-order valence-corrected chi connectivity index (χ2v) is 7.84. The number of carbonyl (C=O) groups is 1. The van der Waals surface area contributed by atoms with E-state index in [0.29, 0.717) is 30.5 Å². The minimum atomic E-state index is -3.91. The molecule has 1 saturated heterocycles. The maximum atomic E-state index is 12.7. The third-order valence-electron chi connectivity index (χ3n) is 4.69. The zero-order valence-electron chi connectivity index (χ0n) is 14.2. The number of nitrogens with two attached hydrogens (primary N) is 1. The summed E-state index contributed by atoms with van der Waals surface area (Å²) in [4.78, 5) is 14.9. The minimum absolute atomic E-state index is 0.0948. The van der Waals surface area contributed by atoms with E-state index in [1.165, 1.54) is 12.1 Å². The van der Waals surface area contributed by atoms with Crippen LogP contribution >= 0.6 is 0 Å². The Morgan fingerprint density at radius 2 is 2.24 bits per heavy atom. The van der Waals surface area contributed by atoms with E-state index in [2.05, 4.69) is 17.1 Å². The van der Waals surface area contributed by atoms with Crippen molar-refractivity contribution in [2.45, 2.75) is 30.7 Å². The van der Waals surface area contributed by atoms with E-state index in [1.54, 1.807) is 12.2 Å². The van der Waals surface area contributed by atoms with Crippen LogP contribution in [0.2, 0.25) is 0 Å². The van der Waals surface area contributed by atoms with Crippen LogP contribution in [-0.2, 0) is 10.0 Å². The first-order valence-electron chi connectivity index (χ1n) is 8.42. The molecule has 1 fully saturated rings. The van der Waals surface area contributed by atoms with E-state index >= 15 is 0 Å². The summed E-state index contributed by atoms with van der Waals surface area (Å²) in [7, 11) is -3.91. The number of hydrogen-bond donors (Lipinski definition) is 2. The molecule has 1 unspecified atom stereocenters. The largest absolute Gasteiger partial charge is 0.488 e. The van der Waals surface area contributed by atoms with Crippen molar-refractivity contribution >= 4 is 22.0 Å². The first kappa shape index (κ1) is 17.9. The molecule has 1 aromatic carbocycles. The number of rotatable bonds is 5. The monoisotopic (exact) mass is 365 g/mol.